The van der Waals surface area contributed by atoms with Crippen molar-refractivity contribution in [2.24, 2.45) is 0 Å². The number of aromatic nitrogens is 2. The molecule has 2 rings (SSSR count). The number of aliphatic hydroxyl groups excluding tert-OH is 1. The van der Waals surface area contributed by atoms with Gasteiger partial charge >= 0.3 is 0 Å². The van der Waals surface area contributed by atoms with Crippen LogP contribution in [0.15, 0.2) is 29.2 Å². The quantitative estimate of drug-likeness (QED) is 0.824. The minimum atomic E-state index is -0.410. The largest absolute Gasteiger partial charge is 0.392 e. The van der Waals surface area contributed by atoms with Gasteiger partial charge in [-0.1, -0.05) is 6.07 Å². The van der Waals surface area contributed by atoms with E-state index in [1.165, 1.54) is 4.40 Å². The molecule has 2 N–H and O–H groups in total. The van der Waals surface area contributed by atoms with Crippen molar-refractivity contribution in [3.05, 3.63) is 46.0 Å². The molecule has 1 atom stereocenters. The molecule has 0 amide bonds. The van der Waals surface area contributed by atoms with E-state index >= 15 is 0 Å². The molecule has 0 aliphatic carbocycles. The van der Waals surface area contributed by atoms with E-state index in [1.54, 1.807) is 32.2 Å². The summed E-state index contributed by atoms with van der Waals surface area (Å²) in [5.74, 6) is 0. The second-order valence-corrected chi connectivity index (χ2v) is 4.40. The van der Waals surface area contributed by atoms with E-state index in [9.17, 15) is 9.90 Å². The molecule has 0 saturated heterocycles. The van der Waals surface area contributed by atoms with Gasteiger partial charge in [0.15, 0.2) is 0 Å². The van der Waals surface area contributed by atoms with Gasteiger partial charge in [0, 0.05) is 24.8 Å². The lowest BCUT2D eigenvalue weighted by molar-refractivity contribution is 0.191. The van der Waals surface area contributed by atoms with Gasteiger partial charge < -0.3 is 10.4 Å². The minimum Gasteiger partial charge on any atom is -0.392 e. The molecule has 0 spiro atoms. The Hall–Kier alpha value is -1.72. The lowest BCUT2D eigenvalue weighted by Crippen LogP contribution is -2.27. The van der Waals surface area contributed by atoms with Crippen molar-refractivity contribution in [3.8, 4) is 0 Å². The molecule has 0 aliphatic rings. The van der Waals surface area contributed by atoms with E-state index < -0.39 is 6.10 Å². The van der Waals surface area contributed by atoms with E-state index in [4.69, 9.17) is 0 Å². The van der Waals surface area contributed by atoms with Gasteiger partial charge in [-0.3, -0.25) is 9.20 Å². The second-order valence-electron chi connectivity index (χ2n) is 4.40. The maximum absolute atomic E-state index is 12.1. The molecule has 2 heterocycles. The minimum absolute atomic E-state index is 0.0468. The second kappa shape index (κ2) is 5.29. The topological polar surface area (TPSA) is 66.6 Å². The van der Waals surface area contributed by atoms with E-state index in [1.807, 2.05) is 6.07 Å². The van der Waals surface area contributed by atoms with Crippen LogP contribution in [0.2, 0.25) is 0 Å². The molecule has 2 aromatic rings. The van der Waals surface area contributed by atoms with Gasteiger partial charge in [0.2, 0.25) is 0 Å². The van der Waals surface area contributed by atoms with Crippen LogP contribution in [0.4, 0.5) is 0 Å². The molecule has 96 valence electrons. The third-order valence-electron chi connectivity index (χ3n) is 2.79. The number of nitrogens with one attached hydrogen (secondary N) is 1. The monoisotopic (exact) mass is 247 g/mol. The van der Waals surface area contributed by atoms with E-state index in [2.05, 4.69) is 10.3 Å². The highest BCUT2D eigenvalue weighted by Gasteiger charge is 2.08. The molecule has 0 bridgehead atoms. The Morgan fingerprint density at radius 2 is 2.28 bits per heavy atom. The van der Waals surface area contributed by atoms with Crippen molar-refractivity contribution in [3.63, 3.8) is 0 Å². The fraction of sp³-hybridized carbons (Fsp3) is 0.385. The number of aliphatic hydroxyl groups is 1. The summed E-state index contributed by atoms with van der Waals surface area (Å²) in [7, 11) is 0. The third-order valence-corrected chi connectivity index (χ3v) is 2.79. The third kappa shape index (κ3) is 2.57. The predicted octanol–water partition coefficient (Wildman–Crippen LogP) is 0.473. The molecule has 0 aromatic carbocycles. The predicted molar refractivity (Wildman–Crippen MR) is 69.6 cm³/mol. The fourth-order valence-electron chi connectivity index (χ4n) is 1.79. The van der Waals surface area contributed by atoms with Gasteiger partial charge in [-0.05, 0) is 26.0 Å². The Morgan fingerprint density at radius 3 is 3.00 bits per heavy atom. The molecule has 5 nitrogen and oxygen atoms in total. The van der Waals surface area contributed by atoms with Crippen LogP contribution < -0.4 is 10.9 Å². The van der Waals surface area contributed by atoms with Gasteiger partial charge in [0.05, 0.1) is 11.8 Å². The molecule has 2 aromatic heterocycles. The first-order valence-electron chi connectivity index (χ1n) is 5.95. The highest BCUT2D eigenvalue weighted by Crippen LogP contribution is 2.03. The molecule has 5 heteroatoms. The lowest BCUT2D eigenvalue weighted by Gasteiger charge is -2.09. The maximum atomic E-state index is 12.1. The van der Waals surface area contributed by atoms with Crippen LogP contribution in [0.1, 0.15) is 18.2 Å². The first-order chi connectivity index (χ1) is 8.59. The van der Waals surface area contributed by atoms with Crippen LogP contribution in [-0.2, 0) is 6.54 Å². The normalized spacial score (nSPS) is 12.8. The average Bonchev–Trinajstić information content (AvgIpc) is 2.35. The molecular weight excluding hydrogens is 230 g/mol. The Balaban J connectivity index is 2.34. The zero-order valence-corrected chi connectivity index (χ0v) is 10.6. The summed E-state index contributed by atoms with van der Waals surface area (Å²) in [4.78, 5) is 16.5. The number of nitrogens with zero attached hydrogens (tertiary/aromatic N) is 2. The average molecular weight is 247 g/mol. The fourth-order valence-corrected chi connectivity index (χ4v) is 1.79. The Kier molecular flexibility index (Phi) is 3.74. The van der Waals surface area contributed by atoms with Crippen molar-refractivity contribution in [1.29, 1.82) is 0 Å². The molecule has 0 aliphatic heterocycles. The molecular formula is C13H17N3O2. The van der Waals surface area contributed by atoms with E-state index in [-0.39, 0.29) is 5.56 Å². The lowest BCUT2D eigenvalue weighted by atomic mass is 10.2. The van der Waals surface area contributed by atoms with Crippen LogP contribution in [0.25, 0.3) is 5.65 Å². The van der Waals surface area contributed by atoms with Crippen LogP contribution >= 0.6 is 0 Å². The highest BCUT2D eigenvalue weighted by atomic mass is 16.3. The first-order valence-corrected chi connectivity index (χ1v) is 5.95. The Morgan fingerprint density at radius 1 is 1.50 bits per heavy atom. The summed E-state index contributed by atoms with van der Waals surface area (Å²) in [6.07, 6.45) is 1.30. The van der Waals surface area contributed by atoms with Crippen LogP contribution in [-0.4, -0.2) is 27.1 Å². The highest BCUT2D eigenvalue weighted by molar-refractivity contribution is 5.40. The summed E-state index contributed by atoms with van der Waals surface area (Å²) >= 11 is 0. The van der Waals surface area contributed by atoms with Gasteiger partial charge in [-0.25, -0.2) is 4.98 Å². The van der Waals surface area contributed by atoms with Crippen molar-refractivity contribution in [2.75, 3.05) is 6.54 Å². The molecule has 0 radical (unpaired) electrons. The summed E-state index contributed by atoms with van der Waals surface area (Å²) in [6.45, 7) is 4.45. The SMILES string of the molecule is Cc1c(CNC[C@H](C)O)nc2ccccn2c1=O. The van der Waals surface area contributed by atoms with Crippen LogP contribution in [0.5, 0.6) is 0 Å². The molecule has 18 heavy (non-hydrogen) atoms. The number of hydrogen-bond donors (Lipinski definition) is 2. The van der Waals surface area contributed by atoms with Gasteiger partial charge in [0.25, 0.3) is 5.56 Å². The van der Waals surface area contributed by atoms with Crippen LogP contribution in [0, 0.1) is 6.92 Å². The molecule has 0 unspecified atom stereocenters. The van der Waals surface area contributed by atoms with Gasteiger partial charge in [-0.2, -0.15) is 0 Å². The van der Waals surface area contributed by atoms with E-state index in [0.717, 1.165) is 5.69 Å². The molecule has 0 saturated carbocycles. The van der Waals surface area contributed by atoms with Crippen molar-refractivity contribution >= 4 is 5.65 Å². The smallest absolute Gasteiger partial charge is 0.261 e. The summed E-state index contributed by atoms with van der Waals surface area (Å²) in [5.41, 5.74) is 1.96. The maximum Gasteiger partial charge on any atom is 0.261 e. The summed E-state index contributed by atoms with van der Waals surface area (Å²) in [6, 6.07) is 5.46. The summed E-state index contributed by atoms with van der Waals surface area (Å²) in [5, 5.41) is 12.3. The zero-order chi connectivity index (χ0) is 13.1. The van der Waals surface area contributed by atoms with Crippen molar-refractivity contribution < 1.29 is 5.11 Å². The zero-order valence-electron chi connectivity index (χ0n) is 10.6. The standard InChI is InChI=1S/C13H17N3O2/c1-9(17)7-14-8-11-10(2)13(18)16-6-4-3-5-12(16)15-11/h3-6,9,14,17H,7-8H2,1-2H3/t9-/m0/s1. The molecule has 0 fully saturated rings. The first kappa shape index (κ1) is 12.7. The number of fused-ring (bicyclic) bond motifs is 1. The Bertz CT molecular complexity index is 605. The van der Waals surface area contributed by atoms with Crippen molar-refractivity contribution in [2.45, 2.75) is 26.5 Å². The van der Waals surface area contributed by atoms with Crippen LogP contribution in [0.3, 0.4) is 0 Å². The van der Waals surface area contributed by atoms with Crippen molar-refractivity contribution in [1.82, 2.24) is 14.7 Å². The van der Waals surface area contributed by atoms with Gasteiger partial charge in [-0.15, -0.1) is 0 Å². The van der Waals surface area contributed by atoms with Gasteiger partial charge in [0.1, 0.15) is 5.65 Å². The number of hydrogen-bond acceptors (Lipinski definition) is 4. The summed E-state index contributed by atoms with van der Waals surface area (Å²) < 4.78 is 1.54. The van der Waals surface area contributed by atoms with E-state index in [0.29, 0.717) is 24.3 Å². The Labute approximate surface area is 105 Å². The number of rotatable bonds is 4. The number of pyridine rings is 1.